The molecule has 1 aromatic rings. The first-order chi connectivity index (χ1) is 23.0. The second kappa shape index (κ2) is 17.1. The van der Waals surface area contributed by atoms with Crippen LogP contribution in [0.25, 0.3) is 0 Å². The van der Waals surface area contributed by atoms with E-state index in [1.54, 1.807) is 22.0 Å². The number of fused-ring (bicyclic) bond motifs is 1. The lowest BCUT2D eigenvalue weighted by Crippen LogP contribution is -2.59. The standard InChI is InChI=1S/C37H52BrN3O7/c1-6-9-14-19-40(18-8-3)36(46)33-37-21-27(38)32(48-37)30(31(37)35(45)41(33)26(22-42)20-24(4)5)34(44)39-28(25-15-12-11-13-16-25)23-47-29(43)17-10-7-2/h7-8,11-13,15-16,24,26-28,30-33,42H,2-3,6,9-10,14,17-23H2,1,4-5H3,(H,39,44)/t26-,27?,28-,30+,31-,32+,33+,37-/m1/s1. The highest BCUT2D eigenvalue weighted by Gasteiger charge is 2.77. The van der Waals surface area contributed by atoms with Crippen LogP contribution in [0.2, 0.25) is 0 Å². The molecular weight excluding hydrogens is 678 g/mol. The summed E-state index contributed by atoms with van der Waals surface area (Å²) in [5.74, 6) is -3.13. The van der Waals surface area contributed by atoms with Crippen molar-refractivity contribution in [2.75, 3.05) is 26.3 Å². The molecule has 4 rings (SSSR count). The average molecular weight is 731 g/mol. The summed E-state index contributed by atoms with van der Waals surface area (Å²) in [6.45, 7) is 14.0. The Morgan fingerprint density at radius 3 is 2.56 bits per heavy atom. The third-order valence-corrected chi connectivity index (χ3v) is 10.6. The molecule has 3 amide bonds. The van der Waals surface area contributed by atoms with E-state index in [-0.39, 0.29) is 42.2 Å². The maximum absolute atomic E-state index is 14.7. The van der Waals surface area contributed by atoms with E-state index < -0.39 is 53.5 Å². The number of carbonyl (C=O) groups is 4. The molecule has 1 aromatic carbocycles. The first kappa shape index (κ1) is 37.8. The number of alkyl halides is 1. The summed E-state index contributed by atoms with van der Waals surface area (Å²) in [7, 11) is 0. The summed E-state index contributed by atoms with van der Waals surface area (Å²) in [6.07, 6.45) is 6.91. The van der Waals surface area contributed by atoms with Crippen molar-refractivity contribution in [1.82, 2.24) is 15.1 Å². The van der Waals surface area contributed by atoms with Crippen LogP contribution in [-0.4, -0.2) is 93.5 Å². The molecule has 3 aliphatic rings. The lowest BCUT2D eigenvalue weighted by molar-refractivity contribution is -0.151. The molecule has 10 nitrogen and oxygen atoms in total. The van der Waals surface area contributed by atoms with Gasteiger partial charge in [0.15, 0.2) is 0 Å². The van der Waals surface area contributed by atoms with Gasteiger partial charge in [0.05, 0.1) is 36.6 Å². The number of ether oxygens (including phenoxy) is 2. The van der Waals surface area contributed by atoms with E-state index in [4.69, 9.17) is 9.47 Å². The van der Waals surface area contributed by atoms with Crippen molar-refractivity contribution in [2.45, 2.75) is 100 Å². The summed E-state index contributed by atoms with van der Waals surface area (Å²) in [5, 5.41) is 13.7. The van der Waals surface area contributed by atoms with Gasteiger partial charge in [0.2, 0.25) is 17.7 Å². The summed E-state index contributed by atoms with van der Waals surface area (Å²) >= 11 is 3.75. The Bertz CT molecular complexity index is 1310. The van der Waals surface area contributed by atoms with Crippen LogP contribution in [0.15, 0.2) is 55.6 Å². The molecule has 0 radical (unpaired) electrons. The molecule has 8 atom stereocenters. The predicted octanol–water partition coefficient (Wildman–Crippen LogP) is 4.71. The number of amides is 3. The van der Waals surface area contributed by atoms with Crippen molar-refractivity contribution in [3.05, 3.63) is 61.2 Å². The maximum Gasteiger partial charge on any atom is 0.306 e. The minimum absolute atomic E-state index is 0.0893. The average Bonchev–Trinajstić information content (AvgIpc) is 3.67. The zero-order valence-corrected chi connectivity index (χ0v) is 30.1. The van der Waals surface area contributed by atoms with Crippen molar-refractivity contribution in [3.8, 4) is 0 Å². The van der Waals surface area contributed by atoms with Crippen molar-refractivity contribution in [1.29, 1.82) is 0 Å². The number of carbonyl (C=O) groups excluding carboxylic acids is 4. The molecule has 3 fully saturated rings. The normalized spacial score (nSPS) is 27.0. The van der Waals surface area contributed by atoms with Gasteiger partial charge in [-0.25, -0.2) is 0 Å². The summed E-state index contributed by atoms with van der Waals surface area (Å²) < 4.78 is 12.3. The number of aliphatic hydroxyl groups excluding tert-OH is 1. The number of benzene rings is 1. The van der Waals surface area contributed by atoms with Crippen molar-refractivity contribution < 1.29 is 33.8 Å². The van der Waals surface area contributed by atoms with Gasteiger partial charge in [0, 0.05) is 24.3 Å². The minimum Gasteiger partial charge on any atom is -0.463 e. The van der Waals surface area contributed by atoms with Gasteiger partial charge in [-0.3, -0.25) is 19.2 Å². The first-order valence-electron chi connectivity index (χ1n) is 17.3. The number of nitrogens with zero attached hydrogens (tertiary/aromatic N) is 2. The van der Waals surface area contributed by atoms with Gasteiger partial charge < -0.3 is 29.7 Å². The Balaban J connectivity index is 1.70. The van der Waals surface area contributed by atoms with Crippen molar-refractivity contribution in [2.24, 2.45) is 17.8 Å². The monoisotopic (exact) mass is 729 g/mol. The molecule has 0 aliphatic carbocycles. The lowest BCUT2D eigenvalue weighted by atomic mass is 9.70. The SMILES string of the molecule is C=CCCC(=O)OC[C@@H](NC(=O)[C@@H]1[C@H]2O[C@@]3(CC2Br)[C@H](C(=O)N(CC=C)CCCCC)N([C@@H](CO)CC(C)C)C(=O)[C@@H]13)c1ccccc1. The third-order valence-electron chi connectivity index (χ3n) is 9.79. The number of hydrogen-bond acceptors (Lipinski definition) is 7. The highest BCUT2D eigenvalue weighted by atomic mass is 79.9. The molecule has 264 valence electrons. The molecule has 1 spiro atoms. The Kier molecular flexibility index (Phi) is 13.4. The van der Waals surface area contributed by atoms with Crippen LogP contribution < -0.4 is 5.32 Å². The number of rotatable bonds is 19. The number of hydrogen-bond donors (Lipinski definition) is 2. The van der Waals surface area contributed by atoms with E-state index in [0.717, 1.165) is 24.8 Å². The number of nitrogens with one attached hydrogen (secondary N) is 1. The molecule has 48 heavy (non-hydrogen) atoms. The van der Waals surface area contributed by atoms with Gasteiger partial charge in [0.1, 0.15) is 18.2 Å². The molecule has 0 aromatic heterocycles. The van der Waals surface area contributed by atoms with Crippen LogP contribution in [-0.2, 0) is 28.7 Å². The highest BCUT2D eigenvalue weighted by molar-refractivity contribution is 9.09. The van der Waals surface area contributed by atoms with Crippen LogP contribution in [0.5, 0.6) is 0 Å². The summed E-state index contributed by atoms with van der Waals surface area (Å²) in [6, 6.07) is 6.92. The van der Waals surface area contributed by atoms with Crippen LogP contribution in [0, 0.1) is 17.8 Å². The van der Waals surface area contributed by atoms with Gasteiger partial charge in [-0.05, 0) is 37.2 Å². The molecule has 2 N–H and O–H groups in total. The van der Waals surface area contributed by atoms with E-state index >= 15 is 0 Å². The lowest BCUT2D eigenvalue weighted by Gasteiger charge is -2.40. The van der Waals surface area contributed by atoms with Gasteiger partial charge >= 0.3 is 5.97 Å². The summed E-state index contributed by atoms with van der Waals surface area (Å²) in [5.41, 5.74) is -0.517. The number of likely N-dealkylation sites (tertiary alicyclic amines) is 1. The van der Waals surface area contributed by atoms with Gasteiger partial charge in [-0.15, -0.1) is 13.2 Å². The second-order valence-corrected chi connectivity index (χ2v) is 14.8. The van der Waals surface area contributed by atoms with E-state index in [2.05, 4.69) is 41.3 Å². The Hall–Kier alpha value is -3.02. The maximum atomic E-state index is 14.7. The third kappa shape index (κ3) is 7.89. The van der Waals surface area contributed by atoms with E-state index in [0.29, 0.717) is 32.4 Å². The number of allylic oxidation sites excluding steroid dienone is 1. The molecule has 3 heterocycles. The fourth-order valence-corrected chi connectivity index (χ4v) is 8.62. The summed E-state index contributed by atoms with van der Waals surface area (Å²) in [4.78, 5) is 59.1. The van der Waals surface area contributed by atoms with E-state index in [1.165, 1.54) is 0 Å². The van der Waals surface area contributed by atoms with Crippen LogP contribution in [0.4, 0.5) is 0 Å². The zero-order chi connectivity index (χ0) is 35.0. The van der Waals surface area contributed by atoms with E-state index in [1.807, 2.05) is 44.2 Å². The molecule has 2 bridgehead atoms. The zero-order valence-electron chi connectivity index (χ0n) is 28.5. The quantitative estimate of drug-likeness (QED) is 0.0915. The van der Waals surface area contributed by atoms with Gasteiger partial charge in [0.25, 0.3) is 0 Å². The van der Waals surface area contributed by atoms with Crippen LogP contribution in [0.3, 0.4) is 0 Å². The van der Waals surface area contributed by atoms with Gasteiger partial charge in [-0.1, -0.05) is 92.0 Å². The smallest absolute Gasteiger partial charge is 0.306 e. The Morgan fingerprint density at radius 1 is 1.21 bits per heavy atom. The van der Waals surface area contributed by atoms with Crippen LogP contribution in [0.1, 0.15) is 77.3 Å². The molecule has 11 heteroatoms. The molecular formula is C37H52BrN3O7. The number of unbranched alkanes of at least 4 members (excludes halogenated alkanes) is 2. The molecule has 3 aliphatic heterocycles. The first-order valence-corrected chi connectivity index (χ1v) is 18.2. The fourth-order valence-electron chi connectivity index (χ4n) is 7.68. The molecule has 0 saturated carbocycles. The van der Waals surface area contributed by atoms with Crippen molar-refractivity contribution in [3.63, 3.8) is 0 Å². The van der Waals surface area contributed by atoms with Crippen molar-refractivity contribution >= 4 is 39.6 Å². The number of esters is 1. The van der Waals surface area contributed by atoms with Crippen LogP contribution >= 0.6 is 15.9 Å². The minimum atomic E-state index is -1.26. The number of halogens is 1. The van der Waals surface area contributed by atoms with Gasteiger partial charge in [-0.2, -0.15) is 0 Å². The highest BCUT2D eigenvalue weighted by Crippen LogP contribution is 2.60. The largest absolute Gasteiger partial charge is 0.463 e. The Morgan fingerprint density at radius 2 is 1.94 bits per heavy atom. The Labute approximate surface area is 293 Å². The molecule has 1 unspecified atom stereocenters. The fraction of sp³-hybridized carbons (Fsp3) is 0.622. The second-order valence-electron chi connectivity index (χ2n) is 13.6. The van der Waals surface area contributed by atoms with E-state index in [9.17, 15) is 24.3 Å². The topological polar surface area (TPSA) is 125 Å². The number of aliphatic hydroxyl groups is 1. The molecule has 3 saturated heterocycles. The predicted molar refractivity (Wildman–Crippen MR) is 187 cm³/mol.